The lowest BCUT2D eigenvalue weighted by atomic mass is 9.99. The first-order valence-electron chi connectivity index (χ1n) is 11.5. The van der Waals surface area contributed by atoms with E-state index in [2.05, 4.69) is 18.8 Å². The van der Waals surface area contributed by atoms with Gasteiger partial charge < -0.3 is 0 Å². The minimum atomic E-state index is -0.982. The van der Waals surface area contributed by atoms with Crippen molar-refractivity contribution < 1.29 is 22.0 Å². The summed E-state index contributed by atoms with van der Waals surface area (Å²) in [6.45, 7) is 2.10. The maximum absolute atomic E-state index is 14.8. The molecule has 0 radical (unpaired) electrons. The van der Waals surface area contributed by atoms with E-state index in [1.54, 1.807) is 24.3 Å². The maximum atomic E-state index is 14.8. The molecule has 0 aliphatic heterocycles. The fourth-order valence-electron chi connectivity index (χ4n) is 4.02. The van der Waals surface area contributed by atoms with Crippen molar-refractivity contribution in [2.45, 2.75) is 39.0 Å². The Bertz CT molecular complexity index is 1420. The summed E-state index contributed by atoms with van der Waals surface area (Å²) < 4.78 is 70.8. The van der Waals surface area contributed by atoms with Crippen LogP contribution in [0.1, 0.15) is 49.3 Å². The van der Waals surface area contributed by atoms with Gasteiger partial charge in [-0.1, -0.05) is 56.2 Å². The Morgan fingerprint density at radius 2 is 1.31 bits per heavy atom. The fourth-order valence-corrected chi connectivity index (χ4v) is 4.02. The second-order valence-corrected chi connectivity index (χ2v) is 8.52. The van der Waals surface area contributed by atoms with E-state index in [1.807, 2.05) is 0 Å². The zero-order valence-electron chi connectivity index (χ0n) is 19.2. The summed E-state index contributed by atoms with van der Waals surface area (Å²) in [4.78, 5) is 0. The average molecular weight is 479 g/mol. The number of benzene rings is 4. The first-order chi connectivity index (χ1) is 16.9. The summed E-state index contributed by atoms with van der Waals surface area (Å²) >= 11 is 0. The molecule has 178 valence electrons. The largest absolute Gasteiger partial charge is 0.206 e. The molecule has 4 aromatic carbocycles. The SMILES string of the molecule is CCCCCCc1cc(F)c(C#Cc2ccc(-c3ccc4cc(F)c(F)cc4c3)c(F)c2)c(F)c1. The molecule has 5 heteroatoms. The lowest BCUT2D eigenvalue weighted by Gasteiger charge is -2.07. The highest BCUT2D eigenvalue weighted by Gasteiger charge is 2.11. The highest BCUT2D eigenvalue weighted by molar-refractivity contribution is 5.87. The summed E-state index contributed by atoms with van der Waals surface area (Å²) in [5.74, 6) is 1.10. The number of hydrogen-bond acceptors (Lipinski definition) is 0. The molecule has 0 N–H and O–H groups in total. The molecule has 0 spiro atoms. The van der Waals surface area contributed by atoms with Gasteiger partial charge in [-0.05, 0) is 77.2 Å². The van der Waals surface area contributed by atoms with Crippen LogP contribution in [0.4, 0.5) is 22.0 Å². The molecule has 0 heterocycles. The van der Waals surface area contributed by atoms with Crippen molar-refractivity contribution in [2.75, 3.05) is 0 Å². The van der Waals surface area contributed by atoms with E-state index >= 15 is 0 Å². The van der Waals surface area contributed by atoms with Crippen LogP contribution in [0.3, 0.4) is 0 Å². The van der Waals surface area contributed by atoms with E-state index in [-0.39, 0.29) is 16.7 Å². The second kappa shape index (κ2) is 10.7. The molecule has 0 amide bonds. The summed E-state index contributed by atoms with van der Waals surface area (Å²) in [7, 11) is 0. The molecule has 0 aliphatic carbocycles. The van der Waals surface area contributed by atoms with Gasteiger partial charge in [0, 0.05) is 11.1 Å². The van der Waals surface area contributed by atoms with Gasteiger partial charge >= 0.3 is 0 Å². The molecule has 0 bridgehead atoms. The molecule has 0 aromatic heterocycles. The zero-order chi connectivity index (χ0) is 24.9. The monoisotopic (exact) mass is 478 g/mol. The summed E-state index contributed by atoms with van der Waals surface area (Å²) in [5.41, 5.74) is 1.22. The Morgan fingerprint density at radius 1 is 0.600 bits per heavy atom. The molecular weight excluding hydrogens is 455 g/mol. The predicted octanol–water partition coefficient (Wildman–Crippen LogP) is 8.72. The average Bonchev–Trinajstić information content (AvgIpc) is 2.82. The first-order valence-corrected chi connectivity index (χ1v) is 11.5. The van der Waals surface area contributed by atoms with Crippen LogP contribution in [0.15, 0.2) is 60.7 Å². The lowest BCUT2D eigenvalue weighted by Crippen LogP contribution is -1.95. The van der Waals surface area contributed by atoms with E-state index in [9.17, 15) is 22.0 Å². The maximum Gasteiger partial charge on any atom is 0.159 e. The van der Waals surface area contributed by atoms with Gasteiger partial charge in [-0.25, -0.2) is 22.0 Å². The highest BCUT2D eigenvalue weighted by atomic mass is 19.2. The molecule has 0 saturated heterocycles. The van der Waals surface area contributed by atoms with Crippen LogP contribution in [0.5, 0.6) is 0 Å². The number of aryl methyl sites for hydroxylation is 1. The van der Waals surface area contributed by atoms with Crippen LogP contribution in [-0.2, 0) is 6.42 Å². The van der Waals surface area contributed by atoms with E-state index < -0.39 is 29.1 Å². The molecule has 0 fully saturated rings. The van der Waals surface area contributed by atoms with Crippen molar-refractivity contribution in [3.63, 3.8) is 0 Å². The summed E-state index contributed by atoms with van der Waals surface area (Å²) in [6.07, 6.45) is 4.65. The smallest absolute Gasteiger partial charge is 0.159 e. The predicted molar refractivity (Wildman–Crippen MR) is 129 cm³/mol. The van der Waals surface area contributed by atoms with Crippen molar-refractivity contribution in [1.82, 2.24) is 0 Å². The second-order valence-electron chi connectivity index (χ2n) is 8.52. The van der Waals surface area contributed by atoms with Gasteiger partial charge in [-0.15, -0.1) is 0 Å². The highest BCUT2D eigenvalue weighted by Crippen LogP contribution is 2.28. The molecule has 0 atom stereocenters. The van der Waals surface area contributed by atoms with Crippen LogP contribution in [0, 0.1) is 40.9 Å². The molecule has 0 nitrogen and oxygen atoms in total. The molecule has 0 unspecified atom stereocenters. The molecular formula is C30H23F5. The third-order valence-electron chi connectivity index (χ3n) is 5.91. The third-order valence-corrected chi connectivity index (χ3v) is 5.91. The van der Waals surface area contributed by atoms with Gasteiger partial charge in [0.15, 0.2) is 11.6 Å². The summed E-state index contributed by atoms with van der Waals surface area (Å²) in [5, 5.41) is 0.927. The van der Waals surface area contributed by atoms with Gasteiger partial charge in [0.25, 0.3) is 0 Å². The number of unbranched alkanes of at least 4 members (excludes halogenated alkanes) is 3. The van der Waals surface area contributed by atoms with Gasteiger partial charge in [-0.2, -0.15) is 0 Å². The first kappa shape index (κ1) is 24.5. The van der Waals surface area contributed by atoms with Crippen LogP contribution in [0.25, 0.3) is 21.9 Å². The van der Waals surface area contributed by atoms with Crippen molar-refractivity contribution in [3.8, 4) is 23.0 Å². The van der Waals surface area contributed by atoms with Gasteiger partial charge in [0.1, 0.15) is 17.5 Å². The number of fused-ring (bicyclic) bond motifs is 1. The molecule has 0 saturated carbocycles. The fraction of sp³-hybridized carbons (Fsp3) is 0.200. The van der Waals surface area contributed by atoms with E-state index in [0.717, 1.165) is 37.8 Å². The van der Waals surface area contributed by atoms with Crippen LogP contribution in [0.2, 0.25) is 0 Å². The Labute approximate surface area is 201 Å². The molecule has 0 aliphatic rings. The van der Waals surface area contributed by atoms with E-state index in [0.29, 0.717) is 28.3 Å². The van der Waals surface area contributed by atoms with E-state index in [1.165, 1.54) is 24.3 Å². The lowest BCUT2D eigenvalue weighted by molar-refractivity contribution is 0.511. The number of halogens is 5. The minimum absolute atomic E-state index is 0.243. The quantitative estimate of drug-likeness (QED) is 0.148. The Balaban J connectivity index is 1.56. The molecule has 35 heavy (non-hydrogen) atoms. The van der Waals surface area contributed by atoms with Crippen LogP contribution >= 0.6 is 0 Å². The number of hydrogen-bond donors (Lipinski definition) is 0. The Hall–Kier alpha value is -3.65. The van der Waals surface area contributed by atoms with E-state index in [4.69, 9.17) is 0 Å². The van der Waals surface area contributed by atoms with Crippen molar-refractivity contribution >= 4 is 10.8 Å². The van der Waals surface area contributed by atoms with Crippen molar-refractivity contribution in [1.29, 1.82) is 0 Å². The standard InChI is InChI=1S/C30H23F5/c1-2-3-4-5-6-20-14-27(32)25(28(33)15-20)12-8-19-7-11-24(26(31)13-19)22-10-9-21-17-29(34)30(35)18-23(21)16-22/h7,9-11,13-18H,2-6H2,1H3. The molecule has 4 aromatic rings. The normalized spacial score (nSPS) is 10.9. The Morgan fingerprint density at radius 3 is 2.00 bits per heavy atom. The van der Waals surface area contributed by atoms with Gasteiger partial charge in [-0.3, -0.25) is 0 Å². The van der Waals surface area contributed by atoms with Gasteiger partial charge in [0.2, 0.25) is 0 Å². The number of rotatable bonds is 6. The minimum Gasteiger partial charge on any atom is -0.206 e. The van der Waals surface area contributed by atoms with Gasteiger partial charge in [0.05, 0.1) is 5.56 Å². The van der Waals surface area contributed by atoms with Crippen LogP contribution < -0.4 is 0 Å². The summed E-state index contributed by atoms with van der Waals surface area (Å²) in [6, 6.07) is 13.7. The third kappa shape index (κ3) is 5.71. The zero-order valence-corrected chi connectivity index (χ0v) is 19.2. The molecule has 4 rings (SSSR count). The van der Waals surface area contributed by atoms with Crippen molar-refractivity contribution in [3.05, 3.63) is 106 Å². The topological polar surface area (TPSA) is 0 Å². The van der Waals surface area contributed by atoms with Crippen molar-refractivity contribution in [2.24, 2.45) is 0 Å². The Kier molecular flexibility index (Phi) is 7.51. The van der Waals surface area contributed by atoms with Crippen LogP contribution in [-0.4, -0.2) is 0 Å².